The third kappa shape index (κ3) is 3.91. The molecule has 1 amide bonds. The van der Waals surface area contributed by atoms with Crippen LogP contribution in [0.25, 0.3) is 0 Å². The molecule has 2 aromatic rings. The fourth-order valence-electron chi connectivity index (χ4n) is 2.88. The van der Waals surface area contributed by atoms with Crippen molar-refractivity contribution < 1.29 is 9.53 Å². The van der Waals surface area contributed by atoms with E-state index in [1.807, 2.05) is 36.4 Å². The second kappa shape index (κ2) is 8.51. The minimum atomic E-state index is -0.0824. The predicted octanol–water partition coefficient (Wildman–Crippen LogP) is 4.63. The van der Waals surface area contributed by atoms with Crippen molar-refractivity contribution in [1.29, 1.82) is 0 Å². The summed E-state index contributed by atoms with van der Waals surface area (Å²) in [6.45, 7) is 1.40. The van der Waals surface area contributed by atoms with Crippen LogP contribution in [0.5, 0.6) is 0 Å². The van der Waals surface area contributed by atoms with Crippen LogP contribution in [0.15, 0.2) is 40.9 Å². The molecule has 0 radical (unpaired) electrons. The summed E-state index contributed by atoms with van der Waals surface area (Å²) in [5.74, 6) is -0.0824. The molecular weight excluding hydrogens is 392 g/mol. The van der Waals surface area contributed by atoms with Gasteiger partial charge >= 0.3 is 0 Å². The lowest BCUT2D eigenvalue weighted by Crippen LogP contribution is -2.20. The lowest BCUT2D eigenvalue weighted by Gasteiger charge is -2.21. The number of halogens is 2. The molecular formula is C18H20BrClN2O2. The van der Waals surface area contributed by atoms with Crippen LogP contribution >= 0.6 is 28.3 Å². The van der Waals surface area contributed by atoms with E-state index in [1.165, 1.54) is 0 Å². The number of fused-ring (bicyclic) bond motifs is 1. The molecule has 128 valence electrons. The van der Waals surface area contributed by atoms with Crippen molar-refractivity contribution in [3.63, 3.8) is 0 Å². The number of nitrogens with one attached hydrogen (secondary N) is 2. The molecule has 0 fully saturated rings. The first-order valence-electron chi connectivity index (χ1n) is 7.64. The fourth-order valence-corrected chi connectivity index (χ4v) is 3.36. The molecule has 0 bridgehead atoms. The molecule has 4 nitrogen and oxygen atoms in total. The number of hydrogen-bond donors (Lipinski definition) is 2. The van der Waals surface area contributed by atoms with Crippen molar-refractivity contribution in [2.24, 2.45) is 0 Å². The van der Waals surface area contributed by atoms with Gasteiger partial charge in [0, 0.05) is 40.6 Å². The Morgan fingerprint density at radius 1 is 1.29 bits per heavy atom. The van der Waals surface area contributed by atoms with Gasteiger partial charge in [0.1, 0.15) is 0 Å². The molecule has 1 aliphatic rings. The Kier molecular flexibility index (Phi) is 6.66. The number of anilines is 2. The van der Waals surface area contributed by atoms with E-state index in [1.54, 1.807) is 7.11 Å². The predicted molar refractivity (Wildman–Crippen MR) is 103 cm³/mol. The molecule has 0 saturated heterocycles. The van der Waals surface area contributed by atoms with E-state index in [0.29, 0.717) is 6.61 Å². The average molecular weight is 412 g/mol. The van der Waals surface area contributed by atoms with Gasteiger partial charge in [-0.2, -0.15) is 0 Å². The van der Waals surface area contributed by atoms with E-state index in [0.717, 1.165) is 51.9 Å². The lowest BCUT2D eigenvalue weighted by atomic mass is 9.97. The van der Waals surface area contributed by atoms with Gasteiger partial charge in [0.25, 0.3) is 5.91 Å². The van der Waals surface area contributed by atoms with E-state index in [9.17, 15) is 4.79 Å². The number of benzene rings is 2. The largest absolute Gasteiger partial charge is 0.385 e. The van der Waals surface area contributed by atoms with Gasteiger partial charge in [-0.15, -0.1) is 12.4 Å². The summed E-state index contributed by atoms with van der Waals surface area (Å²) in [5, 5.41) is 6.38. The standard InChI is InChI=1S/C18H19BrN2O2.ClH/c1-23-11-14-15(19)7-3-9-17(14)21-18(22)13-5-2-8-16-12(13)6-4-10-20-16;/h2-3,5,7-9,20H,4,6,10-11H2,1H3,(H,21,22);1H. The molecule has 1 heterocycles. The Bertz CT molecular complexity index is 737. The lowest BCUT2D eigenvalue weighted by molar-refractivity contribution is 0.102. The minimum Gasteiger partial charge on any atom is -0.385 e. The van der Waals surface area contributed by atoms with Crippen LogP contribution in [0.2, 0.25) is 0 Å². The zero-order chi connectivity index (χ0) is 16.2. The highest BCUT2D eigenvalue weighted by Gasteiger charge is 2.18. The maximum atomic E-state index is 12.8. The first-order chi connectivity index (χ1) is 11.2. The number of carbonyl (C=O) groups excluding carboxylic acids is 1. The van der Waals surface area contributed by atoms with Gasteiger partial charge in [-0.3, -0.25) is 4.79 Å². The highest BCUT2D eigenvalue weighted by Crippen LogP contribution is 2.28. The van der Waals surface area contributed by atoms with Crippen molar-refractivity contribution >= 4 is 45.6 Å². The molecule has 0 spiro atoms. The van der Waals surface area contributed by atoms with E-state index in [4.69, 9.17) is 4.74 Å². The van der Waals surface area contributed by atoms with Crippen LogP contribution in [-0.4, -0.2) is 19.6 Å². The molecule has 1 aliphatic heterocycles. The van der Waals surface area contributed by atoms with Gasteiger partial charge in [-0.25, -0.2) is 0 Å². The Labute approximate surface area is 156 Å². The summed E-state index contributed by atoms with van der Waals surface area (Å²) in [4.78, 5) is 12.8. The number of amides is 1. The number of hydrogen-bond acceptors (Lipinski definition) is 3. The van der Waals surface area contributed by atoms with Crippen LogP contribution < -0.4 is 10.6 Å². The van der Waals surface area contributed by atoms with Crippen LogP contribution in [0, 0.1) is 0 Å². The Morgan fingerprint density at radius 3 is 2.88 bits per heavy atom. The zero-order valence-corrected chi connectivity index (χ0v) is 15.8. The van der Waals surface area contributed by atoms with Gasteiger partial charge in [0.2, 0.25) is 0 Å². The number of ether oxygens (including phenoxy) is 1. The summed E-state index contributed by atoms with van der Waals surface area (Å²) in [7, 11) is 1.64. The first-order valence-corrected chi connectivity index (χ1v) is 8.43. The molecule has 0 aliphatic carbocycles. The third-order valence-electron chi connectivity index (χ3n) is 4.00. The van der Waals surface area contributed by atoms with Gasteiger partial charge in [-0.05, 0) is 42.7 Å². The van der Waals surface area contributed by atoms with E-state index < -0.39 is 0 Å². The van der Waals surface area contributed by atoms with Crippen molar-refractivity contribution in [3.05, 3.63) is 57.6 Å². The number of methoxy groups -OCH3 is 1. The molecule has 6 heteroatoms. The molecule has 3 rings (SSSR count). The molecule has 0 saturated carbocycles. The Morgan fingerprint density at radius 2 is 2.08 bits per heavy atom. The molecule has 0 atom stereocenters. The Balaban J connectivity index is 0.00000208. The maximum absolute atomic E-state index is 12.8. The molecule has 0 unspecified atom stereocenters. The number of carbonyl (C=O) groups is 1. The fraction of sp³-hybridized carbons (Fsp3) is 0.278. The van der Waals surface area contributed by atoms with E-state index in [2.05, 4.69) is 26.6 Å². The van der Waals surface area contributed by atoms with Gasteiger partial charge < -0.3 is 15.4 Å². The van der Waals surface area contributed by atoms with Crippen LogP contribution in [0.4, 0.5) is 11.4 Å². The summed E-state index contributed by atoms with van der Waals surface area (Å²) in [6.07, 6.45) is 1.97. The van der Waals surface area contributed by atoms with Gasteiger partial charge in [-0.1, -0.05) is 28.1 Å². The first kappa shape index (κ1) is 18.8. The highest BCUT2D eigenvalue weighted by molar-refractivity contribution is 9.10. The monoisotopic (exact) mass is 410 g/mol. The topological polar surface area (TPSA) is 50.4 Å². The molecule has 0 aromatic heterocycles. The van der Waals surface area contributed by atoms with Crippen molar-refractivity contribution in [1.82, 2.24) is 0 Å². The smallest absolute Gasteiger partial charge is 0.256 e. The SMILES string of the molecule is COCc1c(Br)cccc1NC(=O)c1cccc2c1CCCN2.Cl. The minimum absolute atomic E-state index is 0. The number of rotatable bonds is 4. The molecule has 2 N–H and O–H groups in total. The quantitative estimate of drug-likeness (QED) is 0.771. The van der Waals surface area contributed by atoms with Crippen LogP contribution in [0.3, 0.4) is 0 Å². The second-order valence-electron chi connectivity index (χ2n) is 5.52. The second-order valence-corrected chi connectivity index (χ2v) is 6.37. The summed E-state index contributed by atoms with van der Waals surface area (Å²) >= 11 is 3.51. The highest BCUT2D eigenvalue weighted by atomic mass is 79.9. The summed E-state index contributed by atoms with van der Waals surface area (Å²) < 4.78 is 6.16. The zero-order valence-electron chi connectivity index (χ0n) is 13.4. The maximum Gasteiger partial charge on any atom is 0.256 e. The summed E-state index contributed by atoms with van der Waals surface area (Å²) in [6, 6.07) is 11.6. The van der Waals surface area contributed by atoms with E-state index >= 15 is 0 Å². The van der Waals surface area contributed by atoms with Gasteiger partial charge in [0.05, 0.1) is 6.61 Å². The van der Waals surface area contributed by atoms with Crippen molar-refractivity contribution in [2.45, 2.75) is 19.4 Å². The molecule has 2 aromatic carbocycles. The Hall–Kier alpha value is -1.56. The van der Waals surface area contributed by atoms with E-state index in [-0.39, 0.29) is 18.3 Å². The molecule has 24 heavy (non-hydrogen) atoms. The summed E-state index contributed by atoms with van der Waals surface area (Å²) in [5.41, 5.74) is 4.60. The van der Waals surface area contributed by atoms with Crippen molar-refractivity contribution in [3.8, 4) is 0 Å². The van der Waals surface area contributed by atoms with Crippen LogP contribution in [-0.2, 0) is 17.8 Å². The van der Waals surface area contributed by atoms with Crippen molar-refractivity contribution in [2.75, 3.05) is 24.3 Å². The van der Waals surface area contributed by atoms with Crippen LogP contribution in [0.1, 0.15) is 27.9 Å². The average Bonchev–Trinajstić information content (AvgIpc) is 2.57. The van der Waals surface area contributed by atoms with Gasteiger partial charge in [0.15, 0.2) is 0 Å². The third-order valence-corrected chi connectivity index (χ3v) is 4.74. The normalized spacial score (nSPS) is 12.6.